The van der Waals surface area contributed by atoms with E-state index in [1.165, 1.54) is 5.56 Å². The first-order chi connectivity index (χ1) is 11.4. The fourth-order valence-corrected chi connectivity index (χ4v) is 2.61. The lowest BCUT2D eigenvalue weighted by Crippen LogP contribution is -2.36. The summed E-state index contributed by atoms with van der Waals surface area (Å²) in [6, 6.07) is 7.82. The van der Waals surface area contributed by atoms with E-state index in [-0.39, 0.29) is 5.91 Å². The number of carbonyl (C=O) groups is 1. The molecule has 7 heteroatoms. The highest BCUT2D eigenvalue weighted by Gasteiger charge is 2.16. The lowest BCUT2D eigenvalue weighted by atomic mass is 10.0. The molecule has 130 valence electrons. The summed E-state index contributed by atoms with van der Waals surface area (Å²) in [4.78, 5) is 12.2. The van der Waals surface area contributed by atoms with E-state index in [1.807, 2.05) is 29.7 Å². The maximum absolute atomic E-state index is 12.2. The topological polar surface area (TPSA) is 71.9 Å². The zero-order valence-electron chi connectivity index (χ0n) is 14.5. The van der Waals surface area contributed by atoms with E-state index >= 15 is 0 Å². The van der Waals surface area contributed by atoms with Crippen molar-refractivity contribution < 1.29 is 9.53 Å². The number of aromatic nitrogens is 3. The van der Waals surface area contributed by atoms with Gasteiger partial charge in [0.1, 0.15) is 5.75 Å². The van der Waals surface area contributed by atoms with Crippen molar-refractivity contribution in [2.45, 2.75) is 52.8 Å². The second-order valence-corrected chi connectivity index (χ2v) is 6.28. The van der Waals surface area contributed by atoms with Gasteiger partial charge in [0.2, 0.25) is 0 Å². The Hall–Kier alpha value is -2.15. The van der Waals surface area contributed by atoms with Gasteiger partial charge in [0.15, 0.2) is 16.7 Å². The number of aromatic amines is 1. The predicted molar refractivity (Wildman–Crippen MR) is 95.6 cm³/mol. The lowest BCUT2D eigenvalue weighted by molar-refractivity contribution is -0.127. The molecular formula is C17H24N4O2S. The molecule has 0 aliphatic heterocycles. The SMILES string of the molecule is CCn1c(CNC(=O)[C@@H](C)Oc2cccc(C(C)C)c2)n[nH]c1=S. The van der Waals surface area contributed by atoms with Crippen LogP contribution in [-0.4, -0.2) is 26.8 Å². The van der Waals surface area contributed by atoms with E-state index in [9.17, 15) is 4.79 Å². The fraction of sp³-hybridized carbons (Fsp3) is 0.471. The first-order valence-corrected chi connectivity index (χ1v) is 8.51. The number of benzene rings is 1. The number of amides is 1. The standard InChI is InChI=1S/C17H24N4O2S/c1-5-21-15(19-20-17(21)24)10-18-16(22)12(4)23-14-8-6-7-13(9-14)11(2)3/h6-9,11-12H,5,10H2,1-4H3,(H,18,22)(H,20,24)/t12-/m1/s1. The Balaban J connectivity index is 1.95. The Morgan fingerprint density at radius 1 is 1.42 bits per heavy atom. The van der Waals surface area contributed by atoms with Crippen molar-refractivity contribution in [1.29, 1.82) is 0 Å². The molecule has 0 bridgehead atoms. The Bertz CT molecular complexity index is 751. The summed E-state index contributed by atoms with van der Waals surface area (Å²) < 4.78 is 8.14. The van der Waals surface area contributed by atoms with Crippen LogP contribution in [0.4, 0.5) is 0 Å². The van der Waals surface area contributed by atoms with Crippen LogP contribution in [0, 0.1) is 4.77 Å². The average Bonchev–Trinajstić information content (AvgIpc) is 2.92. The molecule has 0 saturated heterocycles. The van der Waals surface area contributed by atoms with Crippen LogP contribution >= 0.6 is 12.2 Å². The van der Waals surface area contributed by atoms with Gasteiger partial charge in [0, 0.05) is 6.54 Å². The number of H-pyrrole nitrogens is 1. The number of hydrogen-bond donors (Lipinski definition) is 2. The zero-order chi connectivity index (χ0) is 17.7. The molecule has 0 aliphatic rings. The maximum Gasteiger partial charge on any atom is 0.261 e. The van der Waals surface area contributed by atoms with Gasteiger partial charge in [-0.15, -0.1) is 0 Å². The van der Waals surface area contributed by atoms with Gasteiger partial charge < -0.3 is 14.6 Å². The van der Waals surface area contributed by atoms with Crippen molar-refractivity contribution in [3.8, 4) is 5.75 Å². The van der Waals surface area contributed by atoms with Gasteiger partial charge in [-0.1, -0.05) is 26.0 Å². The van der Waals surface area contributed by atoms with Crippen molar-refractivity contribution in [2.75, 3.05) is 0 Å². The van der Waals surface area contributed by atoms with Gasteiger partial charge in [0.05, 0.1) is 6.54 Å². The van der Waals surface area contributed by atoms with Gasteiger partial charge in [-0.3, -0.25) is 9.89 Å². The molecule has 1 atom stereocenters. The number of carbonyl (C=O) groups excluding carboxylic acids is 1. The van der Waals surface area contributed by atoms with Gasteiger partial charge in [0.25, 0.3) is 5.91 Å². The minimum atomic E-state index is -0.593. The third-order valence-corrected chi connectivity index (χ3v) is 4.09. The normalized spacial score (nSPS) is 12.2. The summed E-state index contributed by atoms with van der Waals surface area (Å²) in [6.07, 6.45) is -0.593. The molecule has 1 aromatic carbocycles. The Morgan fingerprint density at radius 3 is 2.83 bits per heavy atom. The summed E-state index contributed by atoms with van der Waals surface area (Å²) in [5, 5.41) is 9.68. The summed E-state index contributed by atoms with van der Waals surface area (Å²) in [5.41, 5.74) is 1.18. The van der Waals surface area contributed by atoms with Crippen LogP contribution in [0.5, 0.6) is 5.75 Å². The first-order valence-electron chi connectivity index (χ1n) is 8.10. The minimum absolute atomic E-state index is 0.193. The third kappa shape index (κ3) is 4.44. The first kappa shape index (κ1) is 18.2. The molecule has 0 unspecified atom stereocenters. The number of nitrogens with one attached hydrogen (secondary N) is 2. The van der Waals surface area contributed by atoms with Crippen LogP contribution in [0.2, 0.25) is 0 Å². The van der Waals surface area contributed by atoms with E-state index in [4.69, 9.17) is 17.0 Å². The lowest BCUT2D eigenvalue weighted by Gasteiger charge is -2.16. The van der Waals surface area contributed by atoms with Crippen LogP contribution in [-0.2, 0) is 17.9 Å². The maximum atomic E-state index is 12.2. The molecule has 1 amide bonds. The molecule has 0 spiro atoms. The molecule has 0 aliphatic carbocycles. The Kier molecular flexibility index (Phi) is 6.14. The number of rotatable bonds is 7. The van der Waals surface area contributed by atoms with Crippen LogP contribution in [0.1, 0.15) is 45.0 Å². The molecule has 2 aromatic rings. The highest BCUT2D eigenvalue weighted by Crippen LogP contribution is 2.21. The van der Waals surface area contributed by atoms with Crippen LogP contribution in [0.3, 0.4) is 0 Å². The van der Waals surface area contributed by atoms with Crippen molar-refractivity contribution in [1.82, 2.24) is 20.1 Å². The molecular weight excluding hydrogens is 324 g/mol. The van der Waals surface area contributed by atoms with Gasteiger partial charge in [-0.05, 0) is 49.7 Å². The molecule has 2 rings (SSSR count). The Morgan fingerprint density at radius 2 is 2.17 bits per heavy atom. The van der Waals surface area contributed by atoms with Crippen LogP contribution in [0.25, 0.3) is 0 Å². The van der Waals surface area contributed by atoms with Crippen molar-refractivity contribution in [3.05, 3.63) is 40.4 Å². The average molecular weight is 348 g/mol. The highest BCUT2D eigenvalue weighted by atomic mass is 32.1. The smallest absolute Gasteiger partial charge is 0.261 e. The van der Waals surface area contributed by atoms with Crippen molar-refractivity contribution >= 4 is 18.1 Å². The molecule has 2 N–H and O–H groups in total. The van der Waals surface area contributed by atoms with E-state index < -0.39 is 6.10 Å². The fourth-order valence-electron chi connectivity index (χ4n) is 2.33. The number of ether oxygens (including phenoxy) is 1. The minimum Gasteiger partial charge on any atom is -0.481 e. The second kappa shape index (κ2) is 8.10. The number of hydrogen-bond acceptors (Lipinski definition) is 4. The van der Waals surface area contributed by atoms with E-state index in [0.717, 1.165) is 0 Å². The van der Waals surface area contributed by atoms with Crippen molar-refractivity contribution in [3.63, 3.8) is 0 Å². The number of nitrogens with zero attached hydrogens (tertiary/aromatic N) is 2. The van der Waals surface area contributed by atoms with Gasteiger partial charge in [-0.2, -0.15) is 5.10 Å². The monoisotopic (exact) mass is 348 g/mol. The quantitative estimate of drug-likeness (QED) is 0.754. The van der Waals surface area contributed by atoms with Crippen molar-refractivity contribution in [2.24, 2.45) is 0 Å². The largest absolute Gasteiger partial charge is 0.481 e. The predicted octanol–water partition coefficient (Wildman–Crippen LogP) is 3.17. The summed E-state index contributed by atoms with van der Waals surface area (Å²) in [6.45, 7) is 8.96. The van der Waals surface area contributed by atoms with Crippen LogP contribution < -0.4 is 10.1 Å². The molecule has 0 fully saturated rings. The molecule has 0 saturated carbocycles. The molecule has 24 heavy (non-hydrogen) atoms. The zero-order valence-corrected chi connectivity index (χ0v) is 15.3. The second-order valence-electron chi connectivity index (χ2n) is 5.89. The summed E-state index contributed by atoms with van der Waals surface area (Å²) >= 11 is 5.13. The Labute approximate surface area is 147 Å². The summed E-state index contributed by atoms with van der Waals surface area (Å²) in [5.74, 6) is 1.61. The summed E-state index contributed by atoms with van der Waals surface area (Å²) in [7, 11) is 0. The third-order valence-electron chi connectivity index (χ3n) is 3.78. The van der Waals surface area contributed by atoms with E-state index in [2.05, 4.69) is 35.4 Å². The molecule has 6 nitrogen and oxygen atoms in total. The molecule has 1 heterocycles. The molecule has 1 aromatic heterocycles. The van der Waals surface area contributed by atoms with Crippen LogP contribution in [0.15, 0.2) is 24.3 Å². The highest BCUT2D eigenvalue weighted by molar-refractivity contribution is 7.71. The van der Waals surface area contributed by atoms with E-state index in [1.54, 1.807) is 6.92 Å². The van der Waals surface area contributed by atoms with Gasteiger partial charge >= 0.3 is 0 Å². The van der Waals surface area contributed by atoms with Gasteiger partial charge in [-0.25, -0.2) is 0 Å². The van der Waals surface area contributed by atoms with E-state index in [0.29, 0.717) is 35.4 Å². The molecule has 0 radical (unpaired) electrons.